The average Bonchev–Trinajstić information content (AvgIpc) is 3.16. The van der Waals surface area contributed by atoms with E-state index < -0.39 is 31.3 Å². The normalized spacial score (nSPS) is 16.0. The summed E-state index contributed by atoms with van der Waals surface area (Å²) in [7, 11) is -12.2. The van der Waals surface area contributed by atoms with Crippen LogP contribution in [0.2, 0.25) is 0 Å². The molecule has 0 bridgehead atoms. The number of rotatable bonds is 8. The van der Waals surface area contributed by atoms with Gasteiger partial charge in [0.05, 0.1) is 22.8 Å². The van der Waals surface area contributed by atoms with Crippen LogP contribution in [0.25, 0.3) is 0 Å². The van der Waals surface area contributed by atoms with Crippen LogP contribution in [0.5, 0.6) is 0 Å². The maximum absolute atomic E-state index is 10.7. The molecule has 0 aliphatic carbocycles. The molecule has 24 heteroatoms. The van der Waals surface area contributed by atoms with Crippen LogP contribution >= 0.6 is 0 Å². The summed E-state index contributed by atoms with van der Waals surface area (Å²) in [5.41, 5.74) is -6.77. The molecule has 0 spiro atoms. The van der Waals surface area contributed by atoms with Gasteiger partial charge >= 0.3 is 55.8 Å². The summed E-state index contributed by atoms with van der Waals surface area (Å²) in [6.07, 6.45) is 9.80. The summed E-state index contributed by atoms with van der Waals surface area (Å²) >= 11 is 0. The number of nitrogens with zero attached hydrogens (tertiary/aromatic N) is 8. The van der Waals surface area contributed by atoms with E-state index in [0.29, 0.717) is 0 Å². The molecule has 0 radical (unpaired) electrons. The molecule has 1 aliphatic heterocycles. The third-order valence-corrected chi connectivity index (χ3v) is 9.51. The summed E-state index contributed by atoms with van der Waals surface area (Å²) < 4.78 is 118. The standard InChI is InChI=1S/C34H44N8.2CHF3O3S.2Ag/c1-5-15-35-31(11-1)27-39-19-9-20-41(29-33-13-3-7-17-37-33)25-26-42(30-34-14-4-8-18-38-34)22-10-21-40(24-23-39)28-32-12-2-6-16-36-32;2*2-1(3,4)8(5,6)7;;/h1-8,11-18H,9-10,19-30H2;2*(H,5,6,7);;/q;;;2*+1/p-2. The van der Waals surface area contributed by atoms with E-state index in [1.54, 1.807) is 0 Å². The molecule has 4 aromatic heterocycles. The molecule has 4 aromatic rings. The largest absolute Gasteiger partial charge is 1.00 e. The van der Waals surface area contributed by atoms with E-state index in [4.69, 9.17) is 25.9 Å². The second-order valence-corrected chi connectivity index (χ2v) is 15.6. The fraction of sp³-hybridized carbons (Fsp3) is 0.444. The van der Waals surface area contributed by atoms with Gasteiger partial charge in [-0.1, -0.05) is 24.3 Å². The minimum atomic E-state index is -6.09. The van der Waals surface area contributed by atoms with Crippen LogP contribution in [0.1, 0.15) is 35.6 Å². The maximum atomic E-state index is 10.7. The second-order valence-electron chi connectivity index (χ2n) is 12.9. The van der Waals surface area contributed by atoms with Crippen molar-refractivity contribution in [3.05, 3.63) is 120 Å². The quantitative estimate of drug-likeness (QED) is 0.105. The Morgan fingerprint density at radius 3 is 0.783 bits per heavy atom. The second kappa shape index (κ2) is 27.4. The van der Waals surface area contributed by atoms with Crippen LogP contribution in [-0.2, 0) is 91.2 Å². The van der Waals surface area contributed by atoms with Gasteiger partial charge in [-0.05, 0) is 87.6 Å². The van der Waals surface area contributed by atoms with Crippen molar-refractivity contribution in [3.8, 4) is 0 Å². The van der Waals surface area contributed by atoms with Gasteiger partial charge in [0.25, 0.3) is 0 Å². The Kier molecular flexibility index (Phi) is 25.3. The van der Waals surface area contributed by atoms with Crippen LogP contribution in [0.15, 0.2) is 97.6 Å². The van der Waals surface area contributed by atoms with E-state index in [2.05, 4.69) is 88.1 Å². The van der Waals surface area contributed by atoms with Gasteiger partial charge in [0.15, 0.2) is 20.2 Å². The molecule has 0 unspecified atom stereocenters. The minimum Gasteiger partial charge on any atom is -0.741 e. The molecule has 0 saturated carbocycles. The zero-order chi connectivity index (χ0) is 42.7. The predicted molar refractivity (Wildman–Crippen MR) is 199 cm³/mol. The Balaban J connectivity index is 0.000000847. The Bertz CT molecular complexity index is 1730. The van der Waals surface area contributed by atoms with E-state index >= 15 is 0 Å². The summed E-state index contributed by atoms with van der Waals surface area (Å²) in [5, 5.41) is 0. The Morgan fingerprint density at radius 2 is 0.633 bits per heavy atom. The van der Waals surface area contributed by atoms with Gasteiger partial charge in [-0.15, -0.1) is 0 Å². The van der Waals surface area contributed by atoms with E-state index in [1.165, 1.54) is 0 Å². The summed E-state index contributed by atoms with van der Waals surface area (Å²) in [5.74, 6) is 0. The van der Waals surface area contributed by atoms with Crippen molar-refractivity contribution in [1.82, 2.24) is 39.5 Å². The first kappa shape index (κ1) is 55.3. The van der Waals surface area contributed by atoms with Crippen LogP contribution in [0, 0.1) is 0 Å². The third-order valence-electron chi connectivity index (χ3n) is 8.38. The Hall–Kier alpha value is -2.68. The van der Waals surface area contributed by atoms with E-state index in [1.807, 2.05) is 49.1 Å². The first-order chi connectivity index (χ1) is 27.3. The number of alkyl halides is 6. The minimum absolute atomic E-state index is 0. The molecule has 5 rings (SSSR count). The fourth-order valence-corrected chi connectivity index (χ4v) is 5.56. The Labute approximate surface area is 377 Å². The van der Waals surface area contributed by atoms with Gasteiger partial charge in [-0.25, -0.2) is 16.8 Å². The van der Waals surface area contributed by atoms with Gasteiger partial charge in [0.2, 0.25) is 0 Å². The van der Waals surface area contributed by atoms with Crippen molar-refractivity contribution in [3.63, 3.8) is 0 Å². The topological polar surface area (TPSA) is 179 Å². The molecule has 0 amide bonds. The summed E-state index contributed by atoms with van der Waals surface area (Å²) in [4.78, 5) is 28.8. The molecule has 14 nitrogen and oxygen atoms in total. The van der Waals surface area contributed by atoms with E-state index in [-0.39, 0.29) is 44.8 Å². The first-order valence-electron chi connectivity index (χ1n) is 17.8. The monoisotopic (exact) mass is 1080 g/mol. The van der Waals surface area contributed by atoms with Crippen LogP contribution in [0.4, 0.5) is 26.3 Å². The summed E-state index contributed by atoms with van der Waals surface area (Å²) in [6.45, 7) is 11.6. The molecule has 0 atom stereocenters. The smallest absolute Gasteiger partial charge is 0.741 e. The maximum Gasteiger partial charge on any atom is 1.00 e. The first-order valence-corrected chi connectivity index (χ1v) is 20.6. The number of aromatic nitrogens is 4. The molecule has 0 N–H and O–H groups in total. The van der Waals surface area contributed by atoms with Gasteiger partial charge < -0.3 is 9.11 Å². The Morgan fingerprint density at radius 1 is 0.433 bits per heavy atom. The van der Waals surface area contributed by atoms with Gasteiger partial charge in [-0.2, -0.15) is 26.3 Å². The van der Waals surface area contributed by atoms with Crippen molar-refractivity contribution in [2.45, 2.75) is 50.0 Å². The zero-order valence-electron chi connectivity index (χ0n) is 31.9. The number of pyridine rings is 4. The average molecular weight is 1080 g/mol. The van der Waals surface area contributed by atoms with Crippen LogP contribution < -0.4 is 0 Å². The van der Waals surface area contributed by atoms with E-state index in [9.17, 15) is 26.3 Å². The third kappa shape index (κ3) is 22.4. The molecular weight excluding hydrogens is 1030 g/mol. The SMILES string of the molecule is O=S(=O)([O-])C(F)(F)F.O=S(=O)([O-])C(F)(F)F.[Ag+].[Ag+].c1ccc(CN2CCCN(Cc3ccccn3)CCN(Cc3ccccn3)CCCN(Cc3ccccn3)CC2)nc1. The van der Waals surface area contributed by atoms with Crippen LogP contribution in [0.3, 0.4) is 0 Å². The van der Waals surface area contributed by atoms with Gasteiger partial charge in [0, 0.05) is 77.1 Å². The molecule has 5 heterocycles. The number of hydrogen-bond acceptors (Lipinski definition) is 14. The van der Waals surface area contributed by atoms with Crippen molar-refractivity contribution < 1.29 is 97.0 Å². The predicted octanol–water partition coefficient (Wildman–Crippen LogP) is 4.47. The molecule has 60 heavy (non-hydrogen) atoms. The zero-order valence-corrected chi connectivity index (χ0v) is 36.4. The van der Waals surface area contributed by atoms with Crippen molar-refractivity contribution >= 4 is 20.2 Å². The summed E-state index contributed by atoms with van der Waals surface area (Å²) in [6, 6.07) is 24.9. The molecular formula is C36H44Ag2F6N8O6S2. The number of hydrogen-bond donors (Lipinski definition) is 0. The van der Waals surface area contributed by atoms with Crippen molar-refractivity contribution in [2.24, 2.45) is 0 Å². The van der Waals surface area contributed by atoms with Gasteiger partial charge in [-0.3, -0.25) is 39.5 Å². The molecule has 0 aromatic carbocycles. The van der Waals surface area contributed by atoms with Crippen molar-refractivity contribution in [1.29, 1.82) is 0 Å². The number of halogens is 6. The molecule has 1 fully saturated rings. The van der Waals surface area contributed by atoms with E-state index in [0.717, 1.165) is 114 Å². The van der Waals surface area contributed by atoms with Crippen LogP contribution in [-0.4, -0.2) is 129 Å². The van der Waals surface area contributed by atoms with Crippen molar-refractivity contribution in [2.75, 3.05) is 52.4 Å². The fourth-order valence-electron chi connectivity index (χ4n) is 5.56. The molecule has 1 aliphatic rings. The molecule has 1 saturated heterocycles. The molecule has 340 valence electrons. The van der Waals surface area contributed by atoms with Gasteiger partial charge in [0.1, 0.15) is 0 Å².